The molecule has 7 heteroatoms. The second-order valence-corrected chi connectivity index (χ2v) is 7.88. The number of allylic oxidation sites excluding steroid dienone is 2. The highest BCUT2D eigenvalue weighted by Crippen LogP contribution is 2.39. The van der Waals surface area contributed by atoms with Gasteiger partial charge in [0.1, 0.15) is 0 Å². The summed E-state index contributed by atoms with van der Waals surface area (Å²) < 4.78 is 32.3. The predicted octanol–water partition coefficient (Wildman–Crippen LogP) is 5.89. The lowest BCUT2D eigenvalue weighted by Crippen LogP contribution is -2.00. The Morgan fingerprint density at radius 1 is 0.676 bits per heavy atom. The van der Waals surface area contributed by atoms with E-state index in [1.54, 1.807) is 39.5 Å². The van der Waals surface area contributed by atoms with Crippen molar-refractivity contribution in [3.05, 3.63) is 82.9 Å². The van der Waals surface area contributed by atoms with Gasteiger partial charge in [0.2, 0.25) is 11.5 Å². The third kappa shape index (κ3) is 6.44. The molecule has 3 aromatic carbocycles. The maximum absolute atomic E-state index is 12.9. The molecule has 0 aliphatic carbocycles. The first-order valence-corrected chi connectivity index (χ1v) is 11.6. The molecule has 0 bridgehead atoms. The molecule has 0 spiro atoms. The van der Waals surface area contributed by atoms with E-state index in [4.69, 9.17) is 28.4 Å². The minimum atomic E-state index is -0.162. The van der Waals surface area contributed by atoms with E-state index in [9.17, 15) is 4.79 Å². The van der Waals surface area contributed by atoms with Crippen molar-refractivity contribution in [1.29, 1.82) is 0 Å². The first-order chi connectivity index (χ1) is 18.0. The Morgan fingerprint density at radius 3 is 1.70 bits per heavy atom. The molecule has 0 heterocycles. The van der Waals surface area contributed by atoms with Gasteiger partial charge in [-0.25, -0.2) is 0 Å². The molecule has 7 nitrogen and oxygen atoms in total. The largest absolute Gasteiger partial charge is 0.493 e. The van der Waals surface area contributed by atoms with Gasteiger partial charge in [0.15, 0.2) is 28.8 Å². The topological polar surface area (TPSA) is 72.5 Å². The van der Waals surface area contributed by atoms with Crippen molar-refractivity contribution in [3.8, 4) is 34.5 Å². The van der Waals surface area contributed by atoms with Crippen LogP contribution in [0.25, 0.3) is 12.2 Å². The SMILES string of the molecule is COc1cc(/C=C\c2ccccc2C/C=C\C(=O)c2cc(OC)c(OC)c(OC)c2)cc(OC)c1OC. The van der Waals surface area contributed by atoms with Crippen molar-refractivity contribution in [2.75, 3.05) is 42.7 Å². The van der Waals surface area contributed by atoms with Crippen molar-refractivity contribution in [1.82, 2.24) is 0 Å². The van der Waals surface area contributed by atoms with Crippen molar-refractivity contribution in [2.45, 2.75) is 6.42 Å². The molecule has 0 aliphatic heterocycles. The van der Waals surface area contributed by atoms with Gasteiger partial charge in [-0.1, -0.05) is 42.5 Å². The Morgan fingerprint density at radius 2 is 1.19 bits per heavy atom. The molecule has 0 radical (unpaired) electrons. The summed E-state index contributed by atoms with van der Waals surface area (Å²) in [6, 6.07) is 15.1. The van der Waals surface area contributed by atoms with E-state index in [2.05, 4.69) is 0 Å². The van der Waals surface area contributed by atoms with Crippen LogP contribution in [0, 0.1) is 0 Å². The molecule has 194 valence electrons. The molecular formula is C30H32O7. The predicted molar refractivity (Wildman–Crippen MR) is 145 cm³/mol. The van der Waals surface area contributed by atoms with E-state index in [-0.39, 0.29) is 5.78 Å². The average Bonchev–Trinajstić information content (AvgIpc) is 2.94. The summed E-state index contributed by atoms with van der Waals surface area (Å²) >= 11 is 0. The zero-order chi connectivity index (χ0) is 26.8. The molecule has 0 atom stereocenters. The molecule has 0 aliphatic rings. The lowest BCUT2D eigenvalue weighted by Gasteiger charge is -2.13. The highest BCUT2D eigenvalue weighted by molar-refractivity contribution is 6.05. The minimum absolute atomic E-state index is 0.162. The van der Waals surface area contributed by atoms with E-state index >= 15 is 0 Å². The van der Waals surface area contributed by atoms with E-state index in [1.807, 2.05) is 54.6 Å². The number of ether oxygens (including phenoxy) is 6. The summed E-state index contributed by atoms with van der Waals surface area (Å²) in [4.78, 5) is 12.9. The van der Waals surface area contributed by atoms with Gasteiger partial charge in [-0.3, -0.25) is 4.79 Å². The minimum Gasteiger partial charge on any atom is -0.493 e. The van der Waals surface area contributed by atoms with Crippen LogP contribution in [0.3, 0.4) is 0 Å². The highest BCUT2D eigenvalue weighted by atomic mass is 16.5. The number of benzene rings is 3. The molecule has 3 aromatic rings. The third-order valence-electron chi connectivity index (χ3n) is 5.75. The summed E-state index contributed by atoms with van der Waals surface area (Å²) in [5.41, 5.74) is 3.44. The fourth-order valence-electron chi connectivity index (χ4n) is 3.88. The van der Waals surface area contributed by atoms with E-state index in [0.717, 1.165) is 16.7 Å². The molecule has 0 amide bonds. The zero-order valence-electron chi connectivity index (χ0n) is 22.0. The van der Waals surface area contributed by atoms with Gasteiger partial charge >= 0.3 is 0 Å². The normalized spacial score (nSPS) is 11.0. The van der Waals surface area contributed by atoms with E-state index < -0.39 is 0 Å². The fourth-order valence-corrected chi connectivity index (χ4v) is 3.88. The molecule has 3 rings (SSSR count). The summed E-state index contributed by atoms with van der Waals surface area (Å²) in [6.45, 7) is 0. The number of ketones is 1. The Labute approximate surface area is 217 Å². The second-order valence-electron chi connectivity index (χ2n) is 7.88. The standard InChI is InChI=1S/C30H32O7/c1-32-25-16-20(17-26(33-2)29(25)36-5)14-15-22-11-8-7-10-21(22)12-9-13-24(31)23-18-27(34-3)30(37-6)28(19-23)35-4/h7-11,13-19H,12H2,1-6H3/b13-9-,15-14-. The molecule has 37 heavy (non-hydrogen) atoms. The highest BCUT2D eigenvalue weighted by Gasteiger charge is 2.16. The van der Waals surface area contributed by atoms with Crippen molar-refractivity contribution in [3.63, 3.8) is 0 Å². The number of rotatable bonds is 12. The van der Waals surface area contributed by atoms with Gasteiger partial charge in [-0.2, -0.15) is 0 Å². The molecular weight excluding hydrogens is 472 g/mol. The molecule has 0 saturated carbocycles. The van der Waals surface area contributed by atoms with Crippen molar-refractivity contribution < 1.29 is 33.2 Å². The number of hydrogen-bond donors (Lipinski definition) is 0. The maximum atomic E-state index is 12.9. The Hall–Kier alpha value is -4.39. The summed E-state index contributed by atoms with van der Waals surface area (Å²) in [5, 5.41) is 0. The van der Waals surface area contributed by atoms with Gasteiger partial charge in [-0.15, -0.1) is 0 Å². The summed E-state index contributed by atoms with van der Waals surface area (Å²) in [5.74, 6) is 2.86. The van der Waals surface area contributed by atoms with E-state index in [0.29, 0.717) is 46.5 Å². The second kappa shape index (κ2) is 13.1. The summed E-state index contributed by atoms with van der Waals surface area (Å²) in [6.07, 6.45) is 7.98. The molecule has 0 N–H and O–H groups in total. The zero-order valence-corrected chi connectivity index (χ0v) is 22.0. The van der Waals surface area contributed by atoms with Crippen molar-refractivity contribution in [2.24, 2.45) is 0 Å². The lowest BCUT2D eigenvalue weighted by atomic mass is 10.0. The smallest absolute Gasteiger partial charge is 0.203 e. The first-order valence-electron chi connectivity index (χ1n) is 11.6. The van der Waals surface area contributed by atoms with Crippen LogP contribution >= 0.6 is 0 Å². The van der Waals surface area contributed by atoms with Crippen LogP contribution in [0.1, 0.15) is 27.0 Å². The quantitative estimate of drug-likeness (QED) is 0.173. The van der Waals surface area contributed by atoms with Crippen LogP contribution in [-0.2, 0) is 6.42 Å². The number of carbonyl (C=O) groups is 1. The Balaban J connectivity index is 1.80. The van der Waals surface area contributed by atoms with Crippen LogP contribution < -0.4 is 28.4 Å². The van der Waals surface area contributed by atoms with Gasteiger partial charge in [0.05, 0.1) is 42.7 Å². The van der Waals surface area contributed by atoms with Gasteiger partial charge in [0, 0.05) is 5.56 Å². The van der Waals surface area contributed by atoms with Crippen LogP contribution in [0.15, 0.2) is 60.7 Å². The number of methoxy groups -OCH3 is 6. The van der Waals surface area contributed by atoms with E-state index in [1.165, 1.54) is 21.3 Å². The number of hydrogen-bond acceptors (Lipinski definition) is 7. The molecule has 0 aromatic heterocycles. The monoisotopic (exact) mass is 504 g/mol. The van der Waals surface area contributed by atoms with Gasteiger partial charge in [0.25, 0.3) is 0 Å². The van der Waals surface area contributed by atoms with Crippen LogP contribution in [0.5, 0.6) is 34.5 Å². The van der Waals surface area contributed by atoms with Gasteiger partial charge in [-0.05, 0) is 53.5 Å². The Kier molecular flexibility index (Phi) is 9.61. The number of carbonyl (C=O) groups excluding carboxylic acids is 1. The van der Waals surface area contributed by atoms with Crippen LogP contribution in [0.4, 0.5) is 0 Å². The summed E-state index contributed by atoms with van der Waals surface area (Å²) in [7, 11) is 9.31. The van der Waals surface area contributed by atoms with Gasteiger partial charge < -0.3 is 28.4 Å². The van der Waals surface area contributed by atoms with Crippen LogP contribution in [-0.4, -0.2) is 48.4 Å². The molecule has 0 unspecified atom stereocenters. The van der Waals surface area contributed by atoms with Crippen molar-refractivity contribution >= 4 is 17.9 Å². The Bertz CT molecular complexity index is 1240. The maximum Gasteiger partial charge on any atom is 0.203 e. The molecule has 0 saturated heterocycles. The third-order valence-corrected chi connectivity index (χ3v) is 5.75. The molecule has 0 fully saturated rings. The fraction of sp³-hybridized carbons (Fsp3) is 0.233. The first kappa shape index (κ1) is 27.2. The van der Waals surface area contributed by atoms with Crippen LogP contribution in [0.2, 0.25) is 0 Å². The average molecular weight is 505 g/mol. The lowest BCUT2D eigenvalue weighted by molar-refractivity contribution is 0.104.